The van der Waals surface area contributed by atoms with Gasteiger partial charge >= 0.3 is 0 Å². The Labute approximate surface area is 122 Å². The first-order valence-electron chi connectivity index (χ1n) is 7.24. The van der Waals surface area contributed by atoms with Gasteiger partial charge in [-0.3, -0.25) is 9.59 Å². The molecule has 0 spiro atoms. The first-order valence-corrected chi connectivity index (χ1v) is 7.24. The van der Waals surface area contributed by atoms with Crippen LogP contribution in [0.25, 0.3) is 0 Å². The molecular formula is C15H16N2O4. The average Bonchev–Trinajstić information content (AvgIpc) is 3.01. The van der Waals surface area contributed by atoms with E-state index in [1.165, 1.54) is 0 Å². The van der Waals surface area contributed by atoms with Gasteiger partial charge in [-0.15, -0.1) is 0 Å². The molecule has 2 amide bonds. The van der Waals surface area contributed by atoms with Crippen molar-refractivity contribution in [2.75, 3.05) is 31.2 Å². The molecule has 1 atom stereocenters. The van der Waals surface area contributed by atoms with Crippen molar-refractivity contribution >= 4 is 17.5 Å². The smallest absolute Gasteiger partial charge is 0.250 e. The number of fused-ring (bicyclic) bond motifs is 2. The van der Waals surface area contributed by atoms with E-state index < -0.39 is 0 Å². The highest BCUT2D eigenvalue weighted by atomic mass is 16.6. The summed E-state index contributed by atoms with van der Waals surface area (Å²) in [5, 5.41) is 0. The van der Waals surface area contributed by atoms with E-state index in [4.69, 9.17) is 9.47 Å². The molecule has 1 aromatic carbocycles. The summed E-state index contributed by atoms with van der Waals surface area (Å²) in [7, 11) is 0. The highest BCUT2D eigenvalue weighted by Gasteiger charge is 2.42. The van der Waals surface area contributed by atoms with Crippen LogP contribution in [-0.2, 0) is 9.59 Å². The lowest BCUT2D eigenvalue weighted by Crippen LogP contribution is -2.57. The molecular weight excluding hydrogens is 272 g/mol. The van der Waals surface area contributed by atoms with Gasteiger partial charge in [-0.2, -0.15) is 0 Å². The molecule has 1 aromatic rings. The minimum Gasteiger partial charge on any atom is -0.486 e. The van der Waals surface area contributed by atoms with Crippen LogP contribution in [0.15, 0.2) is 18.2 Å². The summed E-state index contributed by atoms with van der Waals surface area (Å²) in [6.45, 7) is 1.84. The quantitative estimate of drug-likeness (QED) is 0.767. The zero-order valence-corrected chi connectivity index (χ0v) is 11.6. The van der Waals surface area contributed by atoms with E-state index in [1.807, 2.05) is 6.07 Å². The SMILES string of the molecule is O=C1C2CCCN2C(=O)CN1c1ccc2c(c1)OCCO2. The van der Waals surface area contributed by atoms with Crippen LogP contribution in [0.5, 0.6) is 11.5 Å². The number of hydrogen-bond donors (Lipinski definition) is 0. The molecule has 4 rings (SSSR count). The lowest BCUT2D eigenvalue weighted by molar-refractivity contribution is -0.140. The van der Waals surface area contributed by atoms with Crippen LogP contribution in [0.4, 0.5) is 5.69 Å². The molecule has 3 aliphatic rings. The molecule has 0 aromatic heterocycles. The summed E-state index contributed by atoms with van der Waals surface area (Å²) in [5.41, 5.74) is 0.698. The average molecular weight is 288 g/mol. The molecule has 1 unspecified atom stereocenters. The second kappa shape index (κ2) is 4.65. The Morgan fingerprint density at radius 2 is 1.90 bits per heavy atom. The monoisotopic (exact) mass is 288 g/mol. The van der Waals surface area contributed by atoms with Crippen molar-refractivity contribution < 1.29 is 19.1 Å². The number of hydrogen-bond acceptors (Lipinski definition) is 4. The zero-order valence-electron chi connectivity index (χ0n) is 11.6. The first kappa shape index (κ1) is 12.5. The van der Waals surface area contributed by atoms with Gasteiger partial charge in [-0.1, -0.05) is 0 Å². The zero-order chi connectivity index (χ0) is 14.4. The van der Waals surface area contributed by atoms with E-state index in [2.05, 4.69) is 0 Å². The van der Waals surface area contributed by atoms with Gasteiger partial charge in [0.05, 0.1) is 0 Å². The Bertz CT molecular complexity index is 616. The van der Waals surface area contributed by atoms with E-state index in [1.54, 1.807) is 21.9 Å². The Balaban J connectivity index is 1.66. The Morgan fingerprint density at radius 1 is 1.10 bits per heavy atom. The van der Waals surface area contributed by atoms with Crippen LogP contribution < -0.4 is 14.4 Å². The summed E-state index contributed by atoms with van der Waals surface area (Å²) in [6.07, 6.45) is 1.66. The molecule has 3 aliphatic heterocycles. The second-order valence-corrected chi connectivity index (χ2v) is 5.50. The third-order valence-electron chi connectivity index (χ3n) is 4.26. The topological polar surface area (TPSA) is 59.1 Å². The lowest BCUT2D eigenvalue weighted by atomic mass is 10.1. The molecule has 2 fully saturated rings. The van der Waals surface area contributed by atoms with Gasteiger partial charge in [0.25, 0.3) is 0 Å². The number of nitrogens with zero attached hydrogens (tertiary/aromatic N) is 2. The largest absolute Gasteiger partial charge is 0.486 e. The van der Waals surface area contributed by atoms with Crippen LogP contribution in [0, 0.1) is 0 Å². The minimum atomic E-state index is -0.292. The molecule has 0 N–H and O–H groups in total. The van der Waals surface area contributed by atoms with Gasteiger partial charge in [-0.05, 0) is 25.0 Å². The van der Waals surface area contributed by atoms with Crippen molar-refractivity contribution in [1.29, 1.82) is 0 Å². The van der Waals surface area contributed by atoms with Crippen LogP contribution in [0.1, 0.15) is 12.8 Å². The summed E-state index contributed by atoms with van der Waals surface area (Å²) < 4.78 is 11.0. The van der Waals surface area contributed by atoms with Crippen molar-refractivity contribution in [3.8, 4) is 11.5 Å². The maximum Gasteiger partial charge on any atom is 0.250 e. The summed E-state index contributed by atoms with van der Waals surface area (Å²) >= 11 is 0. The molecule has 3 heterocycles. The number of carbonyl (C=O) groups is 2. The molecule has 2 saturated heterocycles. The molecule has 6 nitrogen and oxygen atoms in total. The highest BCUT2D eigenvalue weighted by molar-refractivity contribution is 6.07. The lowest BCUT2D eigenvalue weighted by Gasteiger charge is -2.36. The van der Waals surface area contributed by atoms with E-state index in [0.29, 0.717) is 36.9 Å². The maximum atomic E-state index is 12.6. The van der Waals surface area contributed by atoms with E-state index in [-0.39, 0.29) is 24.4 Å². The predicted molar refractivity (Wildman–Crippen MR) is 74.5 cm³/mol. The standard InChI is InChI=1S/C15H16N2O4/c18-14-9-17(15(19)11-2-1-5-16(11)14)10-3-4-12-13(8-10)21-7-6-20-12/h3-4,8,11H,1-2,5-7,9H2. The highest BCUT2D eigenvalue weighted by Crippen LogP contribution is 2.35. The third kappa shape index (κ3) is 1.93. The van der Waals surface area contributed by atoms with Gasteiger partial charge in [0.15, 0.2) is 11.5 Å². The van der Waals surface area contributed by atoms with Crippen molar-refractivity contribution in [1.82, 2.24) is 4.90 Å². The van der Waals surface area contributed by atoms with Gasteiger partial charge in [0.2, 0.25) is 11.8 Å². The van der Waals surface area contributed by atoms with E-state index in [9.17, 15) is 9.59 Å². The second-order valence-electron chi connectivity index (χ2n) is 5.50. The number of carbonyl (C=O) groups excluding carboxylic acids is 2. The normalized spacial score (nSPS) is 24.3. The van der Waals surface area contributed by atoms with Gasteiger partial charge < -0.3 is 19.3 Å². The predicted octanol–water partition coefficient (Wildman–Crippen LogP) is 0.795. The number of rotatable bonds is 1. The van der Waals surface area contributed by atoms with Crippen LogP contribution >= 0.6 is 0 Å². The Kier molecular flexibility index (Phi) is 2.77. The fraction of sp³-hybridized carbons (Fsp3) is 0.467. The number of anilines is 1. The summed E-state index contributed by atoms with van der Waals surface area (Å²) in [6, 6.07) is 5.09. The molecule has 6 heteroatoms. The van der Waals surface area contributed by atoms with Crippen molar-refractivity contribution in [2.24, 2.45) is 0 Å². The third-order valence-corrected chi connectivity index (χ3v) is 4.26. The maximum absolute atomic E-state index is 12.6. The number of amides is 2. The molecule has 0 aliphatic carbocycles. The van der Waals surface area contributed by atoms with Gasteiger partial charge in [0.1, 0.15) is 25.8 Å². The van der Waals surface area contributed by atoms with Crippen molar-refractivity contribution in [3.05, 3.63) is 18.2 Å². The number of piperazine rings is 1. The van der Waals surface area contributed by atoms with Gasteiger partial charge in [-0.25, -0.2) is 0 Å². The molecule has 0 saturated carbocycles. The summed E-state index contributed by atoms with van der Waals surface area (Å²) in [4.78, 5) is 28.0. The number of ether oxygens (including phenoxy) is 2. The van der Waals surface area contributed by atoms with Crippen LogP contribution in [0.3, 0.4) is 0 Å². The fourth-order valence-corrected chi connectivity index (χ4v) is 3.22. The summed E-state index contributed by atoms with van der Waals surface area (Å²) in [5.74, 6) is 1.34. The Hall–Kier alpha value is -2.24. The number of benzene rings is 1. The molecule has 110 valence electrons. The van der Waals surface area contributed by atoms with Crippen LogP contribution in [0.2, 0.25) is 0 Å². The van der Waals surface area contributed by atoms with Crippen LogP contribution in [-0.4, -0.2) is 49.1 Å². The first-order chi connectivity index (χ1) is 10.2. The van der Waals surface area contributed by atoms with Crippen molar-refractivity contribution in [3.63, 3.8) is 0 Å². The Morgan fingerprint density at radius 3 is 2.76 bits per heavy atom. The molecule has 0 bridgehead atoms. The van der Waals surface area contributed by atoms with E-state index >= 15 is 0 Å². The van der Waals surface area contributed by atoms with Gasteiger partial charge in [0, 0.05) is 18.3 Å². The molecule has 21 heavy (non-hydrogen) atoms. The molecule has 0 radical (unpaired) electrons. The van der Waals surface area contributed by atoms with Crippen molar-refractivity contribution in [2.45, 2.75) is 18.9 Å². The fourth-order valence-electron chi connectivity index (χ4n) is 3.22. The minimum absolute atomic E-state index is 0.00350. The van der Waals surface area contributed by atoms with E-state index in [0.717, 1.165) is 12.8 Å².